The molecule has 0 amide bonds. The molecule has 106 valence electrons. The molecule has 0 saturated heterocycles. The fourth-order valence-corrected chi connectivity index (χ4v) is 2.77. The fourth-order valence-electron chi connectivity index (χ4n) is 1.99. The first-order valence-electron chi connectivity index (χ1n) is 5.68. The number of rotatable bonds is 4. The SMILES string of the molecule is CCc1nn(C)c2c1[nH]c(=S)n2CCSC(F)(F)F. The van der Waals surface area contributed by atoms with E-state index in [9.17, 15) is 13.2 Å². The minimum absolute atomic E-state index is 0.0432. The van der Waals surface area contributed by atoms with Gasteiger partial charge in [-0.3, -0.25) is 4.68 Å². The molecule has 19 heavy (non-hydrogen) atoms. The van der Waals surface area contributed by atoms with Gasteiger partial charge in [-0.25, -0.2) is 0 Å². The van der Waals surface area contributed by atoms with Crippen molar-refractivity contribution < 1.29 is 13.2 Å². The second-order valence-corrected chi connectivity index (χ2v) is 5.54. The molecule has 0 aliphatic rings. The summed E-state index contributed by atoms with van der Waals surface area (Å²) >= 11 is 5.11. The van der Waals surface area contributed by atoms with Crippen molar-refractivity contribution in [2.45, 2.75) is 25.4 Å². The van der Waals surface area contributed by atoms with Gasteiger partial charge in [0.1, 0.15) is 5.52 Å². The van der Waals surface area contributed by atoms with E-state index in [4.69, 9.17) is 12.2 Å². The molecule has 0 spiro atoms. The van der Waals surface area contributed by atoms with Crippen LogP contribution in [0.25, 0.3) is 11.2 Å². The molecule has 4 nitrogen and oxygen atoms in total. The summed E-state index contributed by atoms with van der Waals surface area (Å²) in [5.41, 5.74) is -1.79. The third-order valence-electron chi connectivity index (χ3n) is 2.74. The summed E-state index contributed by atoms with van der Waals surface area (Å²) in [6.45, 7) is 2.17. The Labute approximate surface area is 117 Å². The number of aryl methyl sites for hydroxylation is 3. The molecular weight excluding hydrogens is 297 g/mol. The lowest BCUT2D eigenvalue weighted by Crippen LogP contribution is -2.08. The number of halogens is 3. The number of H-pyrrole nitrogens is 1. The molecule has 0 bridgehead atoms. The first-order chi connectivity index (χ1) is 8.83. The Balaban J connectivity index is 2.30. The van der Waals surface area contributed by atoms with Crippen LogP contribution >= 0.6 is 24.0 Å². The average Bonchev–Trinajstić information content (AvgIpc) is 2.76. The molecule has 1 N–H and O–H groups in total. The van der Waals surface area contributed by atoms with Gasteiger partial charge in [-0.15, -0.1) is 0 Å². The third kappa shape index (κ3) is 2.97. The molecule has 0 saturated carbocycles. The van der Waals surface area contributed by atoms with Crippen LogP contribution in [0.4, 0.5) is 13.2 Å². The van der Waals surface area contributed by atoms with Crippen molar-refractivity contribution in [3.05, 3.63) is 10.5 Å². The number of alkyl halides is 3. The Morgan fingerprint density at radius 1 is 1.42 bits per heavy atom. The predicted octanol–water partition coefficient (Wildman–Crippen LogP) is 3.25. The van der Waals surface area contributed by atoms with Gasteiger partial charge in [-0.1, -0.05) is 6.92 Å². The Bertz CT molecular complexity index is 638. The van der Waals surface area contributed by atoms with E-state index in [1.807, 2.05) is 6.92 Å². The number of hydrogen-bond donors (Lipinski definition) is 1. The van der Waals surface area contributed by atoms with Crippen molar-refractivity contribution in [2.75, 3.05) is 5.75 Å². The van der Waals surface area contributed by atoms with Crippen molar-refractivity contribution in [3.8, 4) is 0 Å². The van der Waals surface area contributed by atoms with E-state index >= 15 is 0 Å². The van der Waals surface area contributed by atoms with Crippen LogP contribution in [0.1, 0.15) is 12.6 Å². The number of imidazole rings is 1. The molecule has 2 aromatic heterocycles. The smallest absolute Gasteiger partial charge is 0.328 e. The number of hydrogen-bond acceptors (Lipinski definition) is 3. The average molecular weight is 310 g/mol. The molecule has 0 aromatic carbocycles. The standard InChI is InChI=1S/C10H13F3N4S2/c1-3-6-7-8(16(2)15-6)17(9(18)14-7)4-5-19-10(11,12)13/h3-5H2,1-2H3,(H,14,18). The predicted molar refractivity (Wildman–Crippen MR) is 71.8 cm³/mol. The lowest BCUT2D eigenvalue weighted by molar-refractivity contribution is -0.0328. The van der Waals surface area contributed by atoms with Gasteiger partial charge in [0.05, 0.1) is 5.69 Å². The highest BCUT2D eigenvalue weighted by atomic mass is 32.2. The molecule has 0 fully saturated rings. The molecule has 0 radical (unpaired) electrons. The zero-order chi connectivity index (χ0) is 14.2. The number of thioether (sulfide) groups is 1. The minimum Gasteiger partial charge on any atom is -0.328 e. The third-order valence-corrected chi connectivity index (χ3v) is 3.77. The number of fused-ring (bicyclic) bond motifs is 1. The monoisotopic (exact) mass is 310 g/mol. The van der Waals surface area contributed by atoms with E-state index < -0.39 is 5.51 Å². The summed E-state index contributed by atoms with van der Waals surface area (Å²) in [4.78, 5) is 3.02. The summed E-state index contributed by atoms with van der Waals surface area (Å²) in [5.74, 6) is -0.0720. The Morgan fingerprint density at radius 2 is 2.11 bits per heavy atom. The molecule has 0 atom stereocenters. The molecule has 0 aliphatic heterocycles. The van der Waals surface area contributed by atoms with Gasteiger partial charge in [-0.05, 0) is 30.4 Å². The van der Waals surface area contributed by atoms with Crippen molar-refractivity contribution in [1.29, 1.82) is 0 Å². The van der Waals surface area contributed by atoms with Crippen LogP contribution in [0, 0.1) is 4.77 Å². The quantitative estimate of drug-likeness (QED) is 0.881. The van der Waals surface area contributed by atoms with Crippen LogP contribution in [0.5, 0.6) is 0 Å². The first-order valence-corrected chi connectivity index (χ1v) is 7.08. The highest BCUT2D eigenvalue weighted by Crippen LogP contribution is 2.30. The van der Waals surface area contributed by atoms with Crippen LogP contribution in [0.2, 0.25) is 0 Å². The fraction of sp³-hybridized carbons (Fsp3) is 0.600. The van der Waals surface area contributed by atoms with Crippen LogP contribution in [0.3, 0.4) is 0 Å². The van der Waals surface area contributed by atoms with Gasteiger partial charge in [-0.2, -0.15) is 18.3 Å². The molecule has 2 rings (SSSR count). The molecule has 2 heterocycles. The van der Waals surface area contributed by atoms with Crippen molar-refractivity contribution >= 4 is 35.1 Å². The maximum Gasteiger partial charge on any atom is 0.441 e. The summed E-state index contributed by atoms with van der Waals surface area (Å²) < 4.78 is 40.2. The lowest BCUT2D eigenvalue weighted by Gasteiger charge is -2.07. The summed E-state index contributed by atoms with van der Waals surface area (Å²) in [7, 11) is 1.76. The van der Waals surface area contributed by atoms with E-state index in [1.54, 1.807) is 16.3 Å². The van der Waals surface area contributed by atoms with Crippen molar-refractivity contribution in [1.82, 2.24) is 19.3 Å². The van der Waals surface area contributed by atoms with Crippen molar-refractivity contribution in [2.24, 2.45) is 7.05 Å². The van der Waals surface area contributed by atoms with Crippen LogP contribution in [-0.2, 0) is 20.0 Å². The van der Waals surface area contributed by atoms with Gasteiger partial charge >= 0.3 is 5.51 Å². The molecule has 2 aromatic rings. The van der Waals surface area contributed by atoms with Gasteiger partial charge < -0.3 is 9.55 Å². The molecule has 0 aliphatic carbocycles. The lowest BCUT2D eigenvalue weighted by atomic mass is 10.3. The second kappa shape index (κ2) is 5.20. The van der Waals surface area contributed by atoms with Crippen LogP contribution < -0.4 is 0 Å². The molecule has 0 unspecified atom stereocenters. The van der Waals surface area contributed by atoms with Gasteiger partial charge in [0.15, 0.2) is 10.4 Å². The van der Waals surface area contributed by atoms with E-state index in [-0.39, 0.29) is 24.1 Å². The number of aromatic nitrogens is 4. The number of aromatic amines is 1. The van der Waals surface area contributed by atoms with Gasteiger partial charge in [0.25, 0.3) is 0 Å². The zero-order valence-electron chi connectivity index (χ0n) is 10.4. The molecule has 9 heteroatoms. The van der Waals surface area contributed by atoms with E-state index in [2.05, 4.69) is 10.1 Å². The summed E-state index contributed by atoms with van der Waals surface area (Å²) in [5, 5.41) is 4.32. The van der Waals surface area contributed by atoms with Gasteiger partial charge in [0, 0.05) is 19.3 Å². The highest BCUT2D eigenvalue weighted by molar-refractivity contribution is 8.00. The Hall–Kier alpha value is -0.960. The van der Waals surface area contributed by atoms with E-state index in [0.29, 0.717) is 4.77 Å². The van der Waals surface area contributed by atoms with Crippen LogP contribution in [0.15, 0.2) is 0 Å². The number of nitrogens with one attached hydrogen (secondary N) is 1. The van der Waals surface area contributed by atoms with Gasteiger partial charge in [0.2, 0.25) is 0 Å². The largest absolute Gasteiger partial charge is 0.441 e. The highest BCUT2D eigenvalue weighted by Gasteiger charge is 2.27. The van der Waals surface area contributed by atoms with Crippen molar-refractivity contribution in [3.63, 3.8) is 0 Å². The van der Waals surface area contributed by atoms with E-state index in [0.717, 1.165) is 23.3 Å². The minimum atomic E-state index is -4.21. The summed E-state index contributed by atoms with van der Waals surface area (Å²) in [6.07, 6.45) is 0.740. The van der Waals surface area contributed by atoms with Crippen LogP contribution in [-0.4, -0.2) is 30.6 Å². The van der Waals surface area contributed by atoms with E-state index in [1.165, 1.54) is 0 Å². The maximum absolute atomic E-state index is 12.1. The Kier molecular flexibility index (Phi) is 3.95. The summed E-state index contributed by atoms with van der Waals surface area (Å²) in [6, 6.07) is 0. The number of nitrogens with zero attached hydrogens (tertiary/aromatic N) is 3. The normalized spacial score (nSPS) is 12.5. The second-order valence-electron chi connectivity index (χ2n) is 4.00. The molecular formula is C10H13F3N4S2. The topological polar surface area (TPSA) is 38.5 Å². The first kappa shape index (κ1) is 14.4. The maximum atomic E-state index is 12.1. The zero-order valence-corrected chi connectivity index (χ0v) is 12.0. The Morgan fingerprint density at radius 3 is 2.68 bits per heavy atom.